The normalized spacial score (nSPS) is 10.7. The third kappa shape index (κ3) is 4.10. The molecule has 4 heteroatoms. The highest BCUT2D eigenvalue weighted by atomic mass is 32.1. The summed E-state index contributed by atoms with van der Waals surface area (Å²) >= 11 is 1.68. The lowest BCUT2D eigenvalue weighted by Gasteiger charge is -2.01. The molecule has 0 amide bonds. The van der Waals surface area contributed by atoms with Gasteiger partial charge in [-0.15, -0.1) is 11.3 Å². The minimum Gasteiger partial charge on any atom is -0.303 e. The van der Waals surface area contributed by atoms with Gasteiger partial charge in [0.05, 0.1) is 21.1 Å². The third-order valence-corrected chi connectivity index (χ3v) is 5.45. The Kier molecular flexibility index (Phi) is 5.32. The minimum absolute atomic E-state index is 0.967. The summed E-state index contributed by atoms with van der Waals surface area (Å²) in [4.78, 5) is 11.6. The van der Waals surface area contributed by atoms with Gasteiger partial charge in [0.1, 0.15) is 0 Å². The predicted octanol–water partition coefficient (Wildman–Crippen LogP) is 5.59. The molecule has 0 saturated heterocycles. The van der Waals surface area contributed by atoms with E-state index in [1.165, 1.54) is 12.8 Å². The summed E-state index contributed by atoms with van der Waals surface area (Å²) in [7, 11) is 0. The highest BCUT2D eigenvalue weighted by Gasteiger charge is 2.10. The number of nitrogens with zero attached hydrogens (tertiary/aromatic N) is 3. The Morgan fingerprint density at radius 3 is 2.78 bits per heavy atom. The van der Waals surface area contributed by atoms with Crippen LogP contribution in [0.15, 0.2) is 61.1 Å². The molecule has 3 aromatic heterocycles. The SMILES string of the molecule is CCCCCc1nccn2cc(-c3ccc(C#Cc4ccccc4)s3)nc12. The van der Waals surface area contributed by atoms with Gasteiger partial charge >= 0.3 is 0 Å². The van der Waals surface area contributed by atoms with Gasteiger partial charge in [0.15, 0.2) is 5.65 Å². The van der Waals surface area contributed by atoms with Crippen LogP contribution in [0.1, 0.15) is 42.3 Å². The molecule has 134 valence electrons. The number of fused-ring (bicyclic) bond motifs is 1. The van der Waals surface area contributed by atoms with Crippen LogP contribution in [-0.2, 0) is 6.42 Å². The van der Waals surface area contributed by atoms with Crippen LogP contribution in [0.2, 0.25) is 0 Å². The minimum atomic E-state index is 0.967. The van der Waals surface area contributed by atoms with Crippen LogP contribution in [0.5, 0.6) is 0 Å². The fourth-order valence-electron chi connectivity index (χ4n) is 3.01. The Bertz CT molecular complexity index is 1100. The van der Waals surface area contributed by atoms with Gasteiger partial charge < -0.3 is 4.40 Å². The van der Waals surface area contributed by atoms with Crippen LogP contribution in [0.4, 0.5) is 0 Å². The lowest BCUT2D eigenvalue weighted by atomic mass is 10.1. The monoisotopic (exact) mass is 371 g/mol. The maximum atomic E-state index is 4.86. The fourth-order valence-corrected chi connectivity index (χ4v) is 3.82. The summed E-state index contributed by atoms with van der Waals surface area (Å²) in [6, 6.07) is 14.2. The molecular weight excluding hydrogens is 350 g/mol. The average molecular weight is 372 g/mol. The molecule has 0 radical (unpaired) electrons. The first kappa shape index (κ1) is 17.5. The average Bonchev–Trinajstić information content (AvgIpc) is 3.34. The van der Waals surface area contributed by atoms with Crippen LogP contribution >= 0.6 is 11.3 Å². The van der Waals surface area contributed by atoms with E-state index in [2.05, 4.69) is 46.5 Å². The van der Waals surface area contributed by atoms with Crippen molar-refractivity contribution < 1.29 is 0 Å². The van der Waals surface area contributed by atoms with Gasteiger partial charge in [-0.25, -0.2) is 4.98 Å². The van der Waals surface area contributed by atoms with Crippen LogP contribution < -0.4 is 0 Å². The van der Waals surface area contributed by atoms with Gasteiger partial charge in [-0.2, -0.15) is 0 Å². The van der Waals surface area contributed by atoms with Crippen LogP contribution in [0.25, 0.3) is 16.2 Å². The van der Waals surface area contributed by atoms with E-state index in [-0.39, 0.29) is 0 Å². The third-order valence-electron chi connectivity index (χ3n) is 4.43. The van der Waals surface area contributed by atoms with Gasteiger partial charge in [-0.1, -0.05) is 49.8 Å². The second-order valence-corrected chi connectivity index (χ2v) is 7.55. The van der Waals surface area contributed by atoms with Crippen molar-refractivity contribution in [2.75, 3.05) is 0 Å². The van der Waals surface area contributed by atoms with Gasteiger partial charge in [0, 0.05) is 24.2 Å². The number of aryl methyl sites for hydroxylation is 1. The second kappa shape index (κ2) is 8.20. The van der Waals surface area contributed by atoms with Crippen molar-refractivity contribution in [3.63, 3.8) is 0 Å². The lowest BCUT2D eigenvalue weighted by molar-refractivity contribution is 0.707. The standard InChI is InChI=1S/C23H21N3S/c1-2-3-5-10-20-23-25-21(17-26(23)16-15-24-20)22-14-13-19(27-22)12-11-18-8-6-4-7-9-18/h4,6-9,13-17H,2-3,5,10H2,1H3. The molecule has 0 aliphatic carbocycles. The Morgan fingerprint density at radius 2 is 1.93 bits per heavy atom. The van der Waals surface area contributed by atoms with Crippen molar-refractivity contribution in [1.82, 2.24) is 14.4 Å². The van der Waals surface area contributed by atoms with E-state index in [0.29, 0.717) is 0 Å². The van der Waals surface area contributed by atoms with E-state index in [4.69, 9.17) is 4.98 Å². The van der Waals surface area contributed by atoms with Crippen LogP contribution in [0.3, 0.4) is 0 Å². The fraction of sp³-hybridized carbons (Fsp3) is 0.217. The Morgan fingerprint density at radius 1 is 1.04 bits per heavy atom. The maximum absolute atomic E-state index is 4.86. The quantitative estimate of drug-likeness (QED) is 0.338. The molecular formula is C23H21N3S. The van der Waals surface area contributed by atoms with E-state index >= 15 is 0 Å². The molecule has 27 heavy (non-hydrogen) atoms. The topological polar surface area (TPSA) is 30.2 Å². The molecule has 4 aromatic rings. The van der Waals surface area contributed by atoms with Crippen molar-refractivity contribution in [3.8, 4) is 22.4 Å². The van der Waals surface area contributed by atoms with Crippen LogP contribution in [-0.4, -0.2) is 14.4 Å². The van der Waals surface area contributed by atoms with E-state index in [9.17, 15) is 0 Å². The number of aromatic nitrogens is 3. The highest BCUT2D eigenvalue weighted by molar-refractivity contribution is 7.16. The number of hydrogen-bond acceptors (Lipinski definition) is 3. The van der Waals surface area contributed by atoms with E-state index in [1.54, 1.807) is 11.3 Å². The first-order valence-corrected chi connectivity index (χ1v) is 10.1. The van der Waals surface area contributed by atoms with Crippen molar-refractivity contribution in [2.45, 2.75) is 32.6 Å². The number of imidazole rings is 1. The second-order valence-electron chi connectivity index (χ2n) is 6.47. The van der Waals surface area contributed by atoms with E-state index in [0.717, 1.165) is 45.2 Å². The number of rotatable bonds is 5. The smallest absolute Gasteiger partial charge is 0.159 e. The first-order chi connectivity index (χ1) is 13.3. The molecule has 0 aliphatic heterocycles. The summed E-state index contributed by atoms with van der Waals surface area (Å²) in [5.74, 6) is 6.47. The molecule has 0 bridgehead atoms. The van der Waals surface area contributed by atoms with Crippen molar-refractivity contribution >= 4 is 17.0 Å². The van der Waals surface area contributed by atoms with E-state index < -0.39 is 0 Å². The Balaban J connectivity index is 1.59. The summed E-state index contributed by atoms with van der Waals surface area (Å²) in [5, 5.41) is 0. The zero-order valence-electron chi connectivity index (χ0n) is 15.4. The molecule has 0 spiro atoms. The number of thiophene rings is 1. The first-order valence-electron chi connectivity index (χ1n) is 9.33. The van der Waals surface area contributed by atoms with Gasteiger partial charge in [-0.05, 0) is 37.1 Å². The summed E-state index contributed by atoms with van der Waals surface area (Å²) in [5.41, 5.74) is 4.06. The van der Waals surface area contributed by atoms with Crippen molar-refractivity contribution in [2.24, 2.45) is 0 Å². The highest BCUT2D eigenvalue weighted by Crippen LogP contribution is 2.28. The molecule has 0 unspecified atom stereocenters. The summed E-state index contributed by atoms with van der Waals surface area (Å²) in [6.07, 6.45) is 10.5. The molecule has 4 rings (SSSR count). The van der Waals surface area contributed by atoms with E-state index in [1.807, 2.05) is 42.7 Å². The van der Waals surface area contributed by atoms with Crippen molar-refractivity contribution in [1.29, 1.82) is 0 Å². The maximum Gasteiger partial charge on any atom is 0.159 e. The molecule has 0 fully saturated rings. The molecule has 3 nitrogen and oxygen atoms in total. The Labute approximate surface area is 163 Å². The molecule has 0 N–H and O–H groups in total. The molecule has 1 aromatic carbocycles. The molecule has 0 aliphatic rings. The number of unbranched alkanes of at least 4 members (excludes halogenated alkanes) is 2. The Hall–Kier alpha value is -2.90. The predicted molar refractivity (Wildman–Crippen MR) is 112 cm³/mol. The van der Waals surface area contributed by atoms with Gasteiger partial charge in [0.2, 0.25) is 0 Å². The number of benzene rings is 1. The largest absolute Gasteiger partial charge is 0.303 e. The molecule has 0 saturated carbocycles. The van der Waals surface area contributed by atoms with Crippen LogP contribution in [0, 0.1) is 11.8 Å². The summed E-state index contributed by atoms with van der Waals surface area (Å²) < 4.78 is 2.08. The summed E-state index contributed by atoms with van der Waals surface area (Å²) in [6.45, 7) is 2.22. The lowest BCUT2D eigenvalue weighted by Crippen LogP contribution is -1.95. The molecule has 0 atom stereocenters. The molecule has 3 heterocycles. The number of hydrogen-bond donors (Lipinski definition) is 0. The van der Waals surface area contributed by atoms with Crippen molar-refractivity contribution in [3.05, 3.63) is 77.2 Å². The zero-order chi connectivity index (χ0) is 18.5. The zero-order valence-corrected chi connectivity index (χ0v) is 16.2. The van der Waals surface area contributed by atoms with Gasteiger partial charge in [-0.3, -0.25) is 4.98 Å². The van der Waals surface area contributed by atoms with Gasteiger partial charge in [0.25, 0.3) is 0 Å².